The topological polar surface area (TPSA) is 90.7 Å². The predicted molar refractivity (Wildman–Crippen MR) is 62.6 cm³/mol. The molecule has 17 heavy (non-hydrogen) atoms. The van der Waals surface area contributed by atoms with Crippen molar-refractivity contribution in [3.63, 3.8) is 0 Å². The second-order valence-electron chi connectivity index (χ2n) is 3.80. The molecule has 6 nitrogen and oxygen atoms in total. The highest BCUT2D eigenvalue weighted by Gasteiger charge is 2.39. The van der Waals surface area contributed by atoms with Crippen molar-refractivity contribution >= 4 is 33.0 Å². The molecule has 0 bridgehead atoms. The van der Waals surface area contributed by atoms with Crippen LogP contribution < -0.4 is 0 Å². The van der Waals surface area contributed by atoms with E-state index in [1.54, 1.807) is 6.92 Å². The molecule has 96 valence electrons. The molecule has 2 atom stereocenters. The standard InChI is InChI=1S/C8H11ClN2O4S2/c1-4-7(16-8(9)10-4)17(14,15)11-2-5(12)6(13)3-11/h5-6,12-13H,2-3H2,1H3. The molecule has 2 heterocycles. The zero-order valence-corrected chi connectivity index (χ0v) is 11.3. The summed E-state index contributed by atoms with van der Waals surface area (Å²) in [6.07, 6.45) is -2.10. The lowest BCUT2D eigenvalue weighted by atomic mass is 10.3. The summed E-state index contributed by atoms with van der Waals surface area (Å²) >= 11 is 6.53. The molecule has 0 spiro atoms. The molecular weight excluding hydrogens is 288 g/mol. The third-order valence-electron chi connectivity index (χ3n) is 2.53. The smallest absolute Gasteiger partial charge is 0.254 e. The van der Waals surface area contributed by atoms with Gasteiger partial charge in [0, 0.05) is 13.1 Å². The lowest BCUT2D eigenvalue weighted by Crippen LogP contribution is -2.29. The third kappa shape index (κ3) is 2.33. The number of thiazole rings is 1. The molecule has 1 aromatic heterocycles. The SMILES string of the molecule is Cc1nc(Cl)sc1S(=O)(=O)N1CC(O)C(O)C1. The van der Waals surface area contributed by atoms with Gasteiger partial charge in [-0.05, 0) is 6.92 Å². The summed E-state index contributed by atoms with van der Waals surface area (Å²) in [6.45, 7) is 1.33. The summed E-state index contributed by atoms with van der Waals surface area (Å²) in [5.41, 5.74) is 0.330. The molecule has 1 saturated heterocycles. The Morgan fingerprint density at radius 3 is 2.35 bits per heavy atom. The number of aryl methyl sites for hydroxylation is 1. The van der Waals surface area contributed by atoms with Crippen LogP contribution in [0.4, 0.5) is 0 Å². The second kappa shape index (κ2) is 4.45. The average molecular weight is 299 g/mol. The highest BCUT2D eigenvalue weighted by atomic mass is 35.5. The first-order valence-electron chi connectivity index (χ1n) is 4.81. The summed E-state index contributed by atoms with van der Waals surface area (Å²) in [5.74, 6) is 0. The van der Waals surface area contributed by atoms with Crippen molar-refractivity contribution in [1.82, 2.24) is 9.29 Å². The molecule has 2 unspecified atom stereocenters. The highest BCUT2D eigenvalue weighted by Crippen LogP contribution is 2.30. The van der Waals surface area contributed by atoms with Crippen molar-refractivity contribution in [2.24, 2.45) is 0 Å². The van der Waals surface area contributed by atoms with E-state index in [-0.39, 0.29) is 21.8 Å². The van der Waals surface area contributed by atoms with E-state index in [4.69, 9.17) is 11.6 Å². The highest BCUT2D eigenvalue weighted by molar-refractivity contribution is 7.91. The van der Waals surface area contributed by atoms with Crippen molar-refractivity contribution in [3.8, 4) is 0 Å². The first kappa shape index (κ1) is 13.2. The molecule has 2 N–H and O–H groups in total. The van der Waals surface area contributed by atoms with Crippen LogP contribution in [0.1, 0.15) is 5.69 Å². The van der Waals surface area contributed by atoms with E-state index < -0.39 is 22.2 Å². The minimum absolute atomic E-state index is 0.0591. The van der Waals surface area contributed by atoms with Gasteiger partial charge < -0.3 is 10.2 Å². The number of sulfonamides is 1. The van der Waals surface area contributed by atoms with E-state index in [0.717, 1.165) is 15.6 Å². The van der Waals surface area contributed by atoms with Crippen LogP contribution in [0, 0.1) is 6.92 Å². The molecule has 1 aromatic rings. The second-order valence-corrected chi connectivity index (χ2v) is 7.51. The first-order valence-corrected chi connectivity index (χ1v) is 7.45. The van der Waals surface area contributed by atoms with Gasteiger partial charge in [-0.15, -0.1) is 0 Å². The number of hydrogen-bond donors (Lipinski definition) is 2. The van der Waals surface area contributed by atoms with Gasteiger partial charge in [-0.25, -0.2) is 13.4 Å². The van der Waals surface area contributed by atoms with Crippen molar-refractivity contribution in [2.45, 2.75) is 23.3 Å². The van der Waals surface area contributed by atoms with E-state index in [0.29, 0.717) is 5.69 Å². The zero-order valence-electron chi connectivity index (χ0n) is 8.87. The van der Waals surface area contributed by atoms with Gasteiger partial charge in [0.1, 0.15) is 0 Å². The Kier molecular flexibility index (Phi) is 3.45. The number of aliphatic hydroxyl groups is 2. The molecular formula is C8H11ClN2O4S2. The van der Waals surface area contributed by atoms with Gasteiger partial charge in [-0.2, -0.15) is 4.31 Å². The number of β-amino-alcohol motifs (C(OH)–C–C–N with tert-alkyl or cyclic N) is 2. The number of halogens is 1. The fourth-order valence-electron chi connectivity index (χ4n) is 1.64. The number of aromatic nitrogens is 1. The van der Waals surface area contributed by atoms with Gasteiger partial charge in [-0.3, -0.25) is 0 Å². The first-order chi connectivity index (χ1) is 7.82. The Hall–Kier alpha value is -0.250. The number of nitrogens with zero attached hydrogens (tertiary/aromatic N) is 2. The van der Waals surface area contributed by atoms with Crippen LogP contribution in [-0.4, -0.2) is 53.2 Å². The largest absolute Gasteiger partial charge is 0.389 e. The maximum atomic E-state index is 12.2. The van der Waals surface area contributed by atoms with Gasteiger partial charge in [0.2, 0.25) is 0 Å². The third-order valence-corrected chi connectivity index (χ3v) is 6.21. The minimum Gasteiger partial charge on any atom is -0.389 e. The van der Waals surface area contributed by atoms with Gasteiger partial charge in [-0.1, -0.05) is 22.9 Å². The molecule has 0 amide bonds. The molecule has 1 aliphatic heterocycles. The predicted octanol–water partition coefficient (Wildman–Crippen LogP) is -0.169. The van der Waals surface area contributed by atoms with Crippen LogP contribution in [0.3, 0.4) is 0 Å². The lowest BCUT2D eigenvalue weighted by Gasteiger charge is -2.14. The number of rotatable bonds is 2. The molecule has 0 radical (unpaired) electrons. The maximum absolute atomic E-state index is 12.2. The molecule has 1 fully saturated rings. The van der Waals surface area contributed by atoms with E-state index in [2.05, 4.69) is 4.98 Å². The van der Waals surface area contributed by atoms with Gasteiger partial charge in [0.25, 0.3) is 10.0 Å². The van der Waals surface area contributed by atoms with Crippen molar-refractivity contribution in [2.75, 3.05) is 13.1 Å². The molecule has 1 aliphatic rings. The van der Waals surface area contributed by atoms with Gasteiger partial charge >= 0.3 is 0 Å². The Balaban J connectivity index is 2.35. The van der Waals surface area contributed by atoms with E-state index in [9.17, 15) is 18.6 Å². The summed E-state index contributed by atoms with van der Waals surface area (Å²) in [5, 5.41) is 18.7. The maximum Gasteiger partial charge on any atom is 0.254 e. The van der Waals surface area contributed by atoms with Crippen LogP contribution in [-0.2, 0) is 10.0 Å². The fraction of sp³-hybridized carbons (Fsp3) is 0.625. The number of aliphatic hydroxyl groups excluding tert-OH is 2. The van der Waals surface area contributed by atoms with Crippen LogP contribution in [0.5, 0.6) is 0 Å². The van der Waals surface area contributed by atoms with Crippen LogP contribution >= 0.6 is 22.9 Å². The Labute approximate surface area is 108 Å². The Bertz CT molecular complexity index is 520. The van der Waals surface area contributed by atoms with Crippen molar-refractivity contribution in [3.05, 3.63) is 10.2 Å². The normalized spacial score (nSPS) is 26.6. The van der Waals surface area contributed by atoms with Gasteiger partial charge in [0.05, 0.1) is 17.9 Å². The average Bonchev–Trinajstić information content (AvgIpc) is 2.72. The van der Waals surface area contributed by atoms with Crippen LogP contribution in [0.25, 0.3) is 0 Å². The molecule has 2 rings (SSSR count). The molecule has 9 heteroatoms. The van der Waals surface area contributed by atoms with E-state index in [1.165, 1.54) is 0 Å². The monoisotopic (exact) mass is 298 g/mol. The summed E-state index contributed by atoms with van der Waals surface area (Å²) in [6, 6.07) is 0. The van der Waals surface area contributed by atoms with Crippen LogP contribution in [0.2, 0.25) is 4.47 Å². The summed E-state index contributed by atoms with van der Waals surface area (Å²) < 4.78 is 25.6. The minimum atomic E-state index is -3.73. The molecule has 0 saturated carbocycles. The molecule has 0 aliphatic carbocycles. The van der Waals surface area contributed by atoms with Gasteiger partial charge in [0.15, 0.2) is 8.68 Å². The fourth-order valence-corrected chi connectivity index (χ4v) is 4.99. The quantitative estimate of drug-likeness (QED) is 0.791. The molecule has 0 aromatic carbocycles. The zero-order chi connectivity index (χ0) is 12.8. The summed E-state index contributed by atoms with van der Waals surface area (Å²) in [7, 11) is -3.73. The van der Waals surface area contributed by atoms with Crippen LogP contribution in [0.15, 0.2) is 4.21 Å². The van der Waals surface area contributed by atoms with E-state index in [1.807, 2.05) is 0 Å². The Morgan fingerprint density at radius 2 is 1.94 bits per heavy atom. The van der Waals surface area contributed by atoms with Crippen molar-refractivity contribution < 1.29 is 18.6 Å². The van der Waals surface area contributed by atoms with Crippen molar-refractivity contribution in [1.29, 1.82) is 0 Å². The van der Waals surface area contributed by atoms with E-state index >= 15 is 0 Å². The lowest BCUT2D eigenvalue weighted by molar-refractivity contribution is 0.0572. The Morgan fingerprint density at radius 1 is 1.41 bits per heavy atom. The number of hydrogen-bond acceptors (Lipinski definition) is 6. The summed E-state index contributed by atoms with van der Waals surface area (Å²) in [4.78, 5) is 3.84.